The van der Waals surface area contributed by atoms with Crippen LogP contribution >= 0.6 is 0 Å². The van der Waals surface area contributed by atoms with Gasteiger partial charge in [0.2, 0.25) is 76.8 Å². The Morgan fingerprint density at radius 3 is 0.889 bits per heavy atom. The molecule has 0 bridgehead atoms. The first-order valence-electron chi connectivity index (χ1n) is 23.3. The SMILES string of the molecule is O=C(O)CN(CC(=O)NCCNC(=O)CN(CC(=O)O)C(=O)CNC(=O)CNC(=O)CN(CC(=O)O)C(=O)CNC(=O)CNC(=O)CCN1C(=O)C=CC1=O)C(=O)CNC(=O)CNC(=O)CN(CC(=O)O)C(=O)CNC(=O)CNCO. The molecule has 0 spiro atoms. The number of hydrogen-bond donors (Lipinski definition) is 15. The summed E-state index contributed by atoms with van der Waals surface area (Å²) in [6.45, 7) is -15.5. The van der Waals surface area contributed by atoms with E-state index in [0.717, 1.165) is 17.1 Å². The van der Waals surface area contributed by atoms with E-state index in [1.807, 2.05) is 5.32 Å². The molecule has 0 aromatic rings. The lowest BCUT2D eigenvalue weighted by Crippen LogP contribution is -2.50. The zero-order valence-corrected chi connectivity index (χ0v) is 42.7. The van der Waals surface area contributed by atoms with Gasteiger partial charge in [0.1, 0.15) is 52.4 Å². The molecule has 15 amide bonds. The molecule has 0 aromatic heterocycles. The molecule has 1 aliphatic heterocycles. The maximum Gasteiger partial charge on any atom is 0.323 e. The van der Waals surface area contributed by atoms with E-state index >= 15 is 0 Å². The van der Waals surface area contributed by atoms with E-state index < -0.39 is 217 Å². The molecule has 0 atom stereocenters. The van der Waals surface area contributed by atoms with E-state index in [1.165, 1.54) is 0 Å². The molecule has 15 N–H and O–H groups in total. The average Bonchev–Trinajstić information content (AvgIpc) is 3.71. The molecule has 39 heteroatoms. The van der Waals surface area contributed by atoms with Crippen molar-refractivity contribution in [2.24, 2.45) is 0 Å². The Morgan fingerprint density at radius 1 is 0.346 bits per heavy atom. The molecule has 81 heavy (non-hydrogen) atoms. The predicted molar refractivity (Wildman–Crippen MR) is 260 cm³/mol. The van der Waals surface area contributed by atoms with E-state index in [1.54, 1.807) is 0 Å². The lowest BCUT2D eigenvalue weighted by atomic mass is 10.3. The van der Waals surface area contributed by atoms with Gasteiger partial charge in [0, 0.05) is 38.2 Å². The van der Waals surface area contributed by atoms with Gasteiger partial charge in [-0.1, -0.05) is 0 Å². The predicted octanol–water partition coefficient (Wildman–Crippen LogP) is -13.5. The van der Waals surface area contributed by atoms with Crippen LogP contribution in [0.15, 0.2) is 12.2 Å². The van der Waals surface area contributed by atoms with Crippen LogP contribution in [0.5, 0.6) is 0 Å². The Bertz CT molecular complexity index is 2450. The largest absolute Gasteiger partial charge is 0.480 e. The first-order valence-corrected chi connectivity index (χ1v) is 23.3. The van der Waals surface area contributed by atoms with Crippen molar-refractivity contribution in [2.45, 2.75) is 6.42 Å². The first-order chi connectivity index (χ1) is 38.1. The van der Waals surface area contributed by atoms with Gasteiger partial charge in [-0.2, -0.15) is 0 Å². The summed E-state index contributed by atoms with van der Waals surface area (Å²) in [5.74, 6) is -20.5. The molecule has 39 nitrogen and oxygen atoms in total. The molecule has 0 fully saturated rings. The number of imide groups is 1. The number of carbonyl (C=O) groups is 19. The molecule has 446 valence electrons. The lowest BCUT2D eigenvalue weighted by molar-refractivity contribution is -0.146. The minimum absolute atomic E-state index is 0.270. The Kier molecular flexibility index (Phi) is 31.2. The van der Waals surface area contributed by atoms with Crippen molar-refractivity contribution in [3.05, 3.63) is 12.2 Å². The summed E-state index contributed by atoms with van der Waals surface area (Å²) in [5.41, 5.74) is 0. The van der Waals surface area contributed by atoms with Gasteiger partial charge < -0.3 is 93.0 Å². The highest BCUT2D eigenvalue weighted by Crippen LogP contribution is 2.04. The highest BCUT2D eigenvalue weighted by Gasteiger charge is 2.27. The third-order valence-electron chi connectivity index (χ3n) is 9.77. The summed E-state index contributed by atoms with van der Waals surface area (Å²) < 4.78 is 0. The fourth-order valence-electron chi connectivity index (χ4n) is 5.96. The molecule has 0 aromatic carbocycles. The van der Waals surface area contributed by atoms with Crippen LogP contribution in [0.2, 0.25) is 0 Å². The second kappa shape index (κ2) is 36.8. The molecule has 1 rings (SSSR count). The summed E-state index contributed by atoms with van der Waals surface area (Å²) >= 11 is 0. The molecule has 0 unspecified atom stereocenters. The monoisotopic (exact) mass is 1160 g/mol. The molecule has 0 saturated carbocycles. The number of aliphatic carboxylic acids is 4. The van der Waals surface area contributed by atoms with Gasteiger partial charge in [0.05, 0.1) is 59.1 Å². The fourth-order valence-corrected chi connectivity index (χ4v) is 5.96. The zero-order valence-electron chi connectivity index (χ0n) is 42.7. The number of nitrogens with zero attached hydrogens (tertiary/aromatic N) is 5. The first kappa shape index (κ1) is 68.8. The number of carboxylic acid groups (broad SMARTS) is 4. The number of carboxylic acids is 4. The minimum atomic E-state index is -1.59. The Labute approximate surface area is 455 Å². The summed E-state index contributed by atoms with van der Waals surface area (Å²) in [6, 6.07) is 0. The standard InChI is InChI=1S/C42H59N15O24/c58-23-43-7-25(60)49-11-35(70)55(21-41(78)79)17-31(66)47-9-27(62)51-12-36(71)53(19-39(74)75)15-29(64)44-4-5-45-30(65)16-54(20-40(76)77)37(72)13-52-28(63)10-48-32(67)18-56(22-42(80)81)38(73)14-50-26(61)8-46-24(59)3-6-57-33(68)1-2-34(57)69/h1-2,43,58H,3-23H2,(H,44,64)(H,45,65)(H,46,59)(H,47,66)(H,48,67)(H,49,60)(H,50,61)(H,51,62)(H,52,63)(H,74,75)(H,76,77)(H,78,79)(H,80,81). The van der Waals surface area contributed by atoms with Gasteiger partial charge >= 0.3 is 23.9 Å². The summed E-state index contributed by atoms with van der Waals surface area (Å²) in [6.07, 6.45) is 1.68. The normalized spacial score (nSPS) is 11.1. The van der Waals surface area contributed by atoms with E-state index in [4.69, 9.17) is 10.2 Å². The Balaban J connectivity index is 2.57. The second-order valence-corrected chi connectivity index (χ2v) is 16.2. The van der Waals surface area contributed by atoms with Crippen molar-refractivity contribution in [3.63, 3.8) is 0 Å². The number of rotatable bonds is 39. The summed E-state index contributed by atoms with van der Waals surface area (Å²) in [4.78, 5) is 233. The Hall–Kier alpha value is -10.2. The van der Waals surface area contributed by atoms with E-state index in [0.29, 0.717) is 19.6 Å². The van der Waals surface area contributed by atoms with Gasteiger partial charge in [0.25, 0.3) is 11.8 Å². The number of aliphatic hydroxyl groups is 1. The van der Waals surface area contributed by atoms with Crippen LogP contribution in [0.1, 0.15) is 6.42 Å². The highest BCUT2D eigenvalue weighted by molar-refractivity contribution is 6.13. The lowest BCUT2D eigenvalue weighted by Gasteiger charge is -2.22. The van der Waals surface area contributed by atoms with Gasteiger partial charge in [-0.3, -0.25) is 101 Å². The van der Waals surface area contributed by atoms with Crippen LogP contribution in [-0.2, 0) is 91.1 Å². The number of aliphatic hydroxyl groups excluding tert-OH is 1. The zero-order chi connectivity index (χ0) is 61.2. The maximum atomic E-state index is 12.8. The molecular weight excluding hydrogens is 1100 g/mol. The third kappa shape index (κ3) is 31.0. The number of carbonyl (C=O) groups excluding carboxylic acids is 15. The fraction of sp³-hybridized carbons (Fsp3) is 0.500. The van der Waals surface area contributed by atoms with Gasteiger partial charge in [0.15, 0.2) is 0 Å². The topological polar surface area (TPSA) is 562 Å². The quantitative estimate of drug-likeness (QED) is 0.0154. The number of hydrogen-bond acceptors (Lipinski definition) is 21. The maximum absolute atomic E-state index is 12.8. The molecule has 0 aliphatic carbocycles. The van der Waals surface area contributed by atoms with Crippen molar-refractivity contribution in [1.82, 2.24) is 77.7 Å². The average molecular weight is 1160 g/mol. The Morgan fingerprint density at radius 2 is 0.605 bits per heavy atom. The molecule has 1 aliphatic rings. The van der Waals surface area contributed by atoms with Crippen LogP contribution < -0.4 is 53.2 Å². The van der Waals surface area contributed by atoms with Crippen molar-refractivity contribution >= 4 is 112 Å². The van der Waals surface area contributed by atoms with Crippen LogP contribution in [-0.4, -0.2) is 294 Å². The van der Waals surface area contributed by atoms with Crippen LogP contribution in [0.25, 0.3) is 0 Å². The van der Waals surface area contributed by atoms with Crippen LogP contribution in [0.4, 0.5) is 0 Å². The molecule has 0 radical (unpaired) electrons. The van der Waals surface area contributed by atoms with E-state index in [-0.39, 0.29) is 32.6 Å². The smallest absolute Gasteiger partial charge is 0.323 e. The van der Waals surface area contributed by atoms with E-state index in [9.17, 15) is 106 Å². The van der Waals surface area contributed by atoms with Crippen LogP contribution in [0, 0.1) is 0 Å². The second-order valence-electron chi connectivity index (χ2n) is 16.2. The highest BCUT2D eigenvalue weighted by atomic mass is 16.4. The summed E-state index contributed by atoms with van der Waals surface area (Å²) in [5, 5.41) is 66.9. The van der Waals surface area contributed by atoms with Crippen LogP contribution in [0.3, 0.4) is 0 Å². The molecular formula is C42H59N15O24. The number of amides is 15. The molecule has 1 heterocycles. The van der Waals surface area contributed by atoms with Gasteiger partial charge in [-0.15, -0.1) is 0 Å². The van der Waals surface area contributed by atoms with Crippen molar-refractivity contribution in [3.8, 4) is 0 Å². The van der Waals surface area contributed by atoms with Crippen molar-refractivity contribution in [2.75, 3.05) is 131 Å². The number of nitrogens with one attached hydrogen (secondary N) is 10. The van der Waals surface area contributed by atoms with Gasteiger partial charge in [-0.05, 0) is 0 Å². The van der Waals surface area contributed by atoms with E-state index in [2.05, 4.69) is 47.9 Å². The summed E-state index contributed by atoms with van der Waals surface area (Å²) in [7, 11) is 0. The third-order valence-corrected chi connectivity index (χ3v) is 9.77. The van der Waals surface area contributed by atoms with Crippen molar-refractivity contribution in [1.29, 1.82) is 0 Å². The minimum Gasteiger partial charge on any atom is -0.480 e. The molecule has 0 saturated heterocycles. The van der Waals surface area contributed by atoms with Gasteiger partial charge in [-0.25, -0.2) is 0 Å². The van der Waals surface area contributed by atoms with Crippen molar-refractivity contribution < 1.29 is 117 Å².